The van der Waals surface area contributed by atoms with Crippen LogP contribution < -0.4 is 10.5 Å². The molecule has 1 atom stereocenters. The Morgan fingerprint density at radius 2 is 2.20 bits per heavy atom. The lowest BCUT2D eigenvalue weighted by Gasteiger charge is -2.22. The SMILES string of the molecule is Cc1ccc(C)c(OCC(=O)N2CCC(C)(CN)C2)c1. The zero-order chi connectivity index (χ0) is 14.8. The molecule has 1 unspecified atom stereocenters. The van der Waals surface area contributed by atoms with Gasteiger partial charge in [0, 0.05) is 13.1 Å². The largest absolute Gasteiger partial charge is 0.483 e. The van der Waals surface area contributed by atoms with Crippen LogP contribution in [0.25, 0.3) is 0 Å². The predicted molar refractivity (Wildman–Crippen MR) is 79.8 cm³/mol. The van der Waals surface area contributed by atoms with Crippen LogP contribution in [0.1, 0.15) is 24.5 Å². The third-order valence-electron chi connectivity index (χ3n) is 4.10. The maximum Gasteiger partial charge on any atom is 0.260 e. The quantitative estimate of drug-likeness (QED) is 0.913. The summed E-state index contributed by atoms with van der Waals surface area (Å²) in [5.74, 6) is 0.835. The van der Waals surface area contributed by atoms with Gasteiger partial charge in [0.1, 0.15) is 5.75 Å². The van der Waals surface area contributed by atoms with Crippen LogP contribution in [0.5, 0.6) is 5.75 Å². The predicted octanol–water partition coefficient (Wildman–Crippen LogP) is 1.88. The third kappa shape index (κ3) is 3.31. The molecular formula is C16H24N2O2. The molecule has 4 heteroatoms. The molecular weight excluding hydrogens is 252 g/mol. The van der Waals surface area contributed by atoms with Gasteiger partial charge in [-0.25, -0.2) is 0 Å². The van der Waals surface area contributed by atoms with E-state index in [1.807, 2.05) is 36.9 Å². The summed E-state index contributed by atoms with van der Waals surface area (Å²) in [7, 11) is 0. The first-order valence-electron chi connectivity index (χ1n) is 7.11. The van der Waals surface area contributed by atoms with Gasteiger partial charge >= 0.3 is 0 Å². The second-order valence-electron chi connectivity index (χ2n) is 6.14. The number of carbonyl (C=O) groups is 1. The highest BCUT2D eigenvalue weighted by Crippen LogP contribution is 2.28. The molecule has 0 aliphatic carbocycles. The molecule has 110 valence electrons. The van der Waals surface area contributed by atoms with Gasteiger partial charge in [-0.3, -0.25) is 4.79 Å². The molecule has 0 saturated carbocycles. The van der Waals surface area contributed by atoms with Crippen molar-refractivity contribution in [3.63, 3.8) is 0 Å². The van der Waals surface area contributed by atoms with E-state index < -0.39 is 0 Å². The number of amides is 1. The number of carbonyl (C=O) groups excluding carboxylic acids is 1. The maximum absolute atomic E-state index is 12.2. The van der Waals surface area contributed by atoms with Crippen molar-refractivity contribution in [1.29, 1.82) is 0 Å². The van der Waals surface area contributed by atoms with Gasteiger partial charge in [0.2, 0.25) is 0 Å². The van der Waals surface area contributed by atoms with Crippen molar-refractivity contribution < 1.29 is 9.53 Å². The Bertz CT molecular complexity index is 501. The molecule has 0 bridgehead atoms. The van der Waals surface area contributed by atoms with Crippen LogP contribution in [0, 0.1) is 19.3 Å². The van der Waals surface area contributed by atoms with E-state index in [0.29, 0.717) is 6.54 Å². The fourth-order valence-corrected chi connectivity index (χ4v) is 2.50. The molecule has 20 heavy (non-hydrogen) atoms. The van der Waals surface area contributed by atoms with Crippen LogP contribution in [-0.2, 0) is 4.79 Å². The van der Waals surface area contributed by atoms with Crippen LogP contribution in [0.4, 0.5) is 0 Å². The number of nitrogens with two attached hydrogens (primary N) is 1. The minimum Gasteiger partial charge on any atom is -0.483 e. The number of hydrogen-bond acceptors (Lipinski definition) is 3. The third-order valence-corrected chi connectivity index (χ3v) is 4.10. The van der Waals surface area contributed by atoms with E-state index in [0.717, 1.165) is 36.4 Å². The Labute approximate surface area is 120 Å². The summed E-state index contributed by atoms with van der Waals surface area (Å²) >= 11 is 0. The Morgan fingerprint density at radius 1 is 1.45 bits per heavy atom. The van der Waals surface area contributed by atoms with Crippen LogP contribution >= 0.6 is 0 Å². The van der Waals surface area contributed by atoms with E-state index in [9.17, 15) is 4.79 Å². The van der Waals surface area contributed by atoms with E-state index in [2.05, 4.69) is 6.92 Å². The fraction of sp³-hybridized carbons (Fsp3) is 0.562. The van der Waals surface area contributed by atoms with E-state index in [1.165, 1.54) is 0 Å². The van der Waals surface area contributed by atoms with Gasteiger partial charge < -0.3 is 15.4 Å². The minimum absolute atomic E-state index is 0.0445. The van der Waals surface area contributed by atoms with Gasteiger partial charge in [-0.1, -0.05) is 19.1 Å². The number of likely N-dealkylation sites (tertiary alicyclic amines) is 1. The highest BCUT2D eigenvalue weighted by molar-refractivity contribution is 5.78. The molecule has 2 N–H and O–H groups in total. The summed E-state index contributed by atoms with van der Waals surface area (Å²) in [6.07, 6.45) is 0.971. The van der Waals surface area contributed by atoms with Gasteiger partial charge in [-0.05, 0) is 49.4 Å². The highest BCUT2D eigenvalue weighted by Gasteiger charge is 2.34. The fourth-order valence-electron chi connectivity index (χ4n) is 2.50. The Balaban J connectivity index is 1.91. The van der Waals surface area contributed by atoms with E-state index in [4.69, 9.17) is 10.5 Å². The lowest BCUT2D eigenvalue weighted by Crippen LogP contribution is -2.36. The van der Waals surface area contributed by atoms with Crippen LogP contribution in [0.3, 0.4) is 0 Å². The monoisotopic (exact) mass is 276 g/mol. The first-order chi connectivity index (χ1) is 9.43. The molecule has 0 aromatic heterocycles. The molecule has 2 rings (SSSR count). The van der Waals surface area contributed by atoms with Crippen molar-refractivity contribution >= 4 is 5.91 Å². The molecule has 1 heterocycles. The normalized spacial score (nSPS) is 22.1. The number of nitrogens with zero attached hydrogens (tertiary/aromatic N) is 1. The lowest BCUT2D eigenvalue weighted by atomic mass is 9.90. The van der Waals surface area contributed by atoms with E-state index in [1.54, 1.807) is 0 Å². The summed E-state index contributed by atoms with van der Waals surface area (Å²) in [5.41, 5.74) is 8.01. The Hall–Kier alpha value is -1.55. The van der Waals surface area contributed by atoms with Crippen molar-refractivity contribution in [3.05, 3.63) is 29.3 Å². The van der Waals surface area contributed by atoms with Crippen molar-refractivity contribution in [2.75, 3.05) is 26.2 Å². The summed E-state index contributed by atoms with van der Waals surface area (Å²) in [6, 6.07) is 6.02. The minimum atomic E-state index is 0.0445. The Morgan fingerprint density at radius 3 is 2.85 bits per heavy atom. The average molecular weight is 276 g/mol. The van der Waals surface area contributed by atoms with Gasteiger partial charge in [0.25, 0.3) is 5.91 Å². The first kappa shape index (κ1) is 14.9. The van der Waals surface area contributed by atoms with Crippen molar-refractivity contribution in [2.24, 2.45) is 11.1 Å². The van der Waals surface area contributed by atoms with Crippen LogP contribution in [-0.4, -0.2) is 37.0 Å². The summed E-state index contributed by atoms with van der Waals surface area (Å²) in [4.78, 5) is 14.0. The second kappa shape index (κ2) is 5.83. The zero-order valence-electron chi connectivity index (χ0n) is 12.6. The van der Waals surface area contributed by atoms with Gasteiger partial charge in [-0.2, -0.15) is 0 Å². The van der Waals surface area contributed by atoms with Crippen molar-refractivity contribution in [3.8, 4) is 5.75 Å². The summed E-state index contributed by atoms with van der Waals surface area (Å²) in [6.45, 7) is 8.37. The molecule has 1 fully saturated rings. The van der Waals surface area contributed by atoms with Gasteiger partial charge in [0.05, 0.1) is 0 Å². The topological polar surface area (TPSA) is 55.6 Å². The number of rotatable bonds is 4. The molecule has 1 aliphatic heterocycles. The second-order valence-corrected chi connectivity index (χ2v) is 6.14. The Kier molecular flexibility index (Phi) is 4.33. The van der Waals surface area contributed by atoms with Gasteiger partial charge in [0.15, 0.2) is 6.61 Å². The average Bonchev–Trinajstić information content (AvgIpc) is 2.83. The number of aryl methyl sites for hydroxylation is 2. The number of benzene rings is 1. The van der Waals surface area contributed by atoms with Gasteiger partial charge in [-0.15, -0.1) is 0 Å². The first-order valence-corrected chi connectivity index (χ1v) is 7.11. The van der Waals surface area contributed by atoms with Crippen LogP contribution in [0.2, 0.25) is 0 Å². The molecule has 1 amide bonds. The zero-order valence-corrected chi connectivity index (χ0v) is 12.6. The summed E-state index contributed by atoms with van der Waals surface area (Å²) in [5, 5.41) is 0. The molecule has 1 aliphatic rings. The molecule has 4 nitrogen and oxygen atoms in total. The van der Waals surface area contributed by atoms with Crippen molar-refractivity contribution in [1.82, 2.24) is 4.90 Å². The molecule has 1 saturated heterocycles. The number of ether oxygens (including phenoxy) is 1. The smallest absolute Gasteiger partial charge is 0.260 e. The maximum atomic E-state index is 12.2. The molecule has 0 spiro atoms. The molecule has 1 aromatic carbocycles. The van der Waals surface area contributed by atoms with Crippen molar-refractivity contribution in [2.45, 2.75) is 27.2 Å². The summed E-state index contributed by atoms with van der Waals surface area (Å²) < 4.78 is 5.67. The molecule has 1 aromatic rings. The van der Waals surface area contributed by atoms with Crippen LogP contribution in [0.15, 0.2) is 18.2 Å². The van der Waals surface area contributed by atoms with E-state index >= 15 is 0 Å². The standard InChI is InChI=1S/C16H24N2O2/c1-12-4-5-13(2)14(8-12)20-9-15(19)18-7-6-16(3,10-17)11-18/h4-5,8H,6-7,9-11,17H2,1-3H3. The lowest BCUT2D eigenvalue weighted by molar-refractivity contribution is -0.132. The van der Waals surface area contributed by atoms with E-state index in [-0.39, 0.29) is 17.9 Å². The number of hydrogen-bond donors (Lipinski definition) is 1. The highest BCUT2D eigenvalue weighted by atomic mass is 16.5. The molecule has 0 radical (unpaired) electrons.